The minimum Gasteiger partial charge on any atom is -0.338 e. The molecule has 5 nitrogen and oxygen atoms in total. The summed E-state index contributed by atoms with van der Waals surface area (Å²) in [4.78, 5) is 14.8. The summed E-state index contributed by atoms with van der Waals surface area (Å²) in [6.07, 6.45) is 1.04. The van der Waals surface area contributed by atoms with Crippen molar-refractivity contribution in [3.8, 4) is 0 Å². The van der Waals surface area contributed by atoms with Crippen LogP contribution in [0.15, 0.2) is 0 Å². The van der Waals surface area contributed by atoms with E-state index >= 15 is 0 Å². The lowest BCUT2D eigenvalue weighted by Gasteiger charge is -2.17. The first-order chi connectivity index (χ1) is 9.61. The number of amides is 1. The van der Waals surface area contributed by atoms with Crippen molar-refractivity contribution in [3.63, 3.8) is 0 Å². The Balaban J connectivity index is 1.81. The third kappa shape index (κ3) is 2.14. The predicted molar refractivity (Wildman–Crippen MR) is 77.7 cm³/mol. The van der Waals surface area contributed by atoms with Gasteiger partial charge in [-0.3, -0.25) is 9.48 Å². The standard InChI is InChI=1S/C15H24N4O/c1-4-5-19-11(3)14(10(2)17-19)15(20)18-8-12-6-16-7-13(12)9-18/h12-13,16H,4-9H2,1-3H3/t12-,13+. The van der Waals surface area contributed by atoms with Crippen molar-refractivity contribution in [2.75, 3.05) is 26.2 Å². The van der Waals surface area contributed by atoms with E-state index in [9.17, 15) is 4.79 Å². The minimum absolute atomic E-state index is 0.178. The Morgan fingerprint density at radius 3 is 2.55 bits per heavy atom. The summed E-state index contributed by atoms with van der Waals surface area (Å²) in [5.74, 6) is 1.47. The van der Waals surface area contributed by atoms with Crippen LogP contribution in [0.5, 0.6) is 0 Å². The molecule has 0 unspecified atom stereocenters. The molecule has 0 aliphatic carbocycles. The van der Waals surface area contributed by atoms with Crippen LogP contribution in [0.1, 0.15) is 35.1 Å². The van der Waals surface area contributed by atoms with Crippen molar-refractivity contribution in [2.24, 2.45) is 11.8 Å². The Hall–Kier alpha value is -1.36. The van der Waals surface area contributed by atoms with Gasteiger partial charge in [0.25, 0.3) is 5.91 Å². The number of nitrogens with one attached hydrogen (secondary N) is 1. The van der Waals surface area contributed by atoms with Gasteiger partial charge in [0.2, 0.25) is 0 Å². The topological polar surface area (TPSA) is 50.2 Å². The number of carbonyl (C=O) groups excluding carboxylic acids is 1. The SMILES string of the molecule is CCCn1nc(C)c(C(=O)N2C[C@H]3CNC[C@H]3C2)c1C. The molecule has 110 valence electrons. The number of rotatable bonds is 3. The largest absolute Gasteiger partial charge is 0.338 e. The minimum atomic E-state index is 0.178. The molecule has 0 radical (unpaired) electrons. The Morgan fingerprint density at radius 2 is 1.95 bits per heavy atom. The number of hydrogen-bond donors (Lipinski definition) is 1. The molecule has 1 amide bonds. The van der Waals surface area contributed by atoms with Gasteiger partial charge in [-0.1, -0.05) is 6.92 Å². The first-order valence-electron chi connectivity index (χ1n) is 7.65. The molecule has 1 aromatic rings. The maximum atomic E-state index is 12.8. The van der Waals surface area contributed by atoms with E-state index < -0.39 is 0 Å². The number of carbonyl (C=O) groups is 1. The zero-order valence-electron chi connectivity index (χ0n) is 12.6. The molecular formula is C15H24N4O. The molecule has 2 saturated heterocycles. The van der Waals surface area contributed by atoms with Gasteiger partial charge < -0.3 is 10.2 Å². The van der Waals surface area contributed by atoms with Gasteiger partial charge in [0.1, 0.15) is 0 Å². The molecular weight excluding hydrogens is 252 g/mol. The summed E-state index contributed by atoms with van der Waals surface area (Å²) in [5.41, 5.74) is 2.71. The molecule has 0 bridgehead atoms. The van der Waals surface area contributed by atoms with Gasteiger partial charge in [-0.15, -0.1) is 0 Å². The second-order valence-electron chi connectivity index (χ2n) is 6.16. The highest BCUT2D eigenvalue weighted by atomic mass is 16.2. The van der Waals surface area contributed by atoms with Crippen LogP contribution in [-0.4, -0.2) is 46.8 Å². The molecule has 5 heteroatoms. The smallest absolute Gasteiger partial charge is 0.257 e. The molecule has 2 aliphatic heterocycles. The molecule has 0 spiro atoms. The fraction of sp³-hybridized carbons (Fsp3) is 0.733. The fourth-order valence-corrected chi connectivity index (χ4v) is 3.62. The van der Waals surface area contributed by atoms with Crippen LogP contribution in [0.3, 0.4) is 0 Å². The molecule has 2 aliphatic rings. The highest BCUT2D eigenvalue weighted by Gasteiger charge is 2.39. The van der Waals surface area contributed by atoms with Crippen molar-refractivity contribution < 1.29 is 4.79 Å². The normalized spacial score (nSPS) is 25.2. The van der Waals surface area contributed by atoms with Crippen LogP contribution in [0, 0.1) is 25.7 Å². The van der Waals surface area contributed by atoms with Crippen molar-refractivity contribution >= 4 is 5.91 Å². The summed E-state index contributed by atoms with van der Waals surface area (Å²) in [6, 6.07) is 0. The molecule has 20 heavy (non-hydrogen) atoms. The number of likely N-dealkylation sites (tertiary alicyclic amines) is 1. The van der Waals surface area contributed by atoms with Gasteiger partial charge >= 0.3 is 0 Å². The first-order valence-corrected chi connectivity index (χ1v) is 7.65. The van der Waals surface area contributed by atoms with Gasteiger partial charge in [0.05, 0.1) is 11.3 Å². The van der Waals surface area contributed by atoms with Crippen LogP contribution < -0.4 is 5.32 Å². The van der Waals surface area contributed by atoms with Crippen LogP contribution in [0.2, 0.25) is 0 Å². The molecule has 1 aromatic heterocycles. The number of fused-ring (bicyclic) bond motifs is 1. The first kappa shape index (κ1) is 13.6. The Morgan fingerprint density at radius 1 is 1.30 bits per heavy atom. The van der Waals surface area contributed by atoms with Gasteiger partial charge in [-0.2, -0.15) is 5.10 Å². The van der Waals surface area contributed by atoms with E-state index in [1.165, 1.54) is 0 Å². The molecule has 2 atom stereocenters. The van der Waals surface area contributed by atoms with Crippen molar-refractivity contribution in [3.05, 3.63) is 17.0 Å². The average Bonchev–Trinajstić information content (AvgIpc) is 3.04. The Kier molecular flexibility index (Phi) is 3.54. The Bertz CT molecular complexity index is 510. The maximum Gasteiger partial charge on any atom is 0.257 e. The second-order valence-corrected chi connectivity index (χ2v) is 6.16. The number of aromatic nitrogens is 2. The van der Waals surface area contributed by atoms with Crippen LogP contribution in [0.25, 0.3) is 0 Å². The molecule has 2 fully saturated rings. The summed E-state index contributed by atoms with van der Waals surface area (Å²) >= 11 is 0. The van der Waals surface area contributed by atoms with E-state index in [1.807, 2.05) is 23.4 Å². The molecule has 3 heterocycles. The third-order valence-corrected chi connectivity index (χ3v) is 4.71. The predicted octanol–water partition coefficient (Wildman–Crippen LogP) is 1.20. The van der Waals surface area contributed by atoms with E-state index in [1.54, 1.807) is 0 Å². The zero-order valence-corrected chi connectivity index (χ0v) is 12.6. The van der Waals surface area contributed by atoms with Gasteiger partial charge in [-0.05, 0) is 32.1 Å². The van der Waals surface area contributed by atoms with Gasteiger partial charge in [-0.25, -0.2) is 0 Å². The second kappa shape index (κ2) is 5.20. The van der Waals surface area contributed by atoms with Crippen molar-refractivity contribution in [2.45, 2.75) is 33.7 Å². The van der Waals surface area contributed by atoms with Crippen molar-refractivity contribution in [1.29, 1.82) is 0 Å². The summed E-state index contributed by atoms with van der Waals surface area (Å²) in [6.45, 7) is 10.9. The number of nitrogens with zero attached hydrogens (tertiary/aromatic N) is 3. The quantitative estimate of drug-likeness (QED) is 0.902. The van der Waals surface area contributed by atoms with Crippen LogP contribution >= 0.6 is 0 Å². The molecule has 0 saturated carbocycles. The van der Waals surface area contributed by atoms with Gasteiger partial charge in [0, 0.05) is 38.4 Å². The number of aryl methyl sites for hydroxylation is 2. The lowest BCUT2D eigenvalue weighted by molar-refractivity contribution is 0.0780. The van der Waals surface area contributed by atoms with E-state index in [4.69, 9.17) is 0 Å². The average molecular weight is 276 g/mol. The lowest BCUT2D eigenvalue weighted by Crippen LogP contribution is -2.32. The van der Waals surface area contributed by atoms with Crippen LogP contribution in [-0.2, 0) is 6.54 Å². The highest BCUT2D eigenvalue weighted by Crippen LogP contribution is 2.28. The third-order valence-electron chi connectivity index (χ3n) is 4.71. The van der Waals surface area contributed by atoms with Gasteiger partial charge in [0.15, 0.2) is 0 Å². The van der Waals surface area contributed by atoms with E-state index in [0.29, 0.717) is 11.8 Å². The Labute approximate surface area is 120 Å². The monoisotopic (exact) mass is 276 g/mol. The van der Waals surface area contributed by atoms with Crippen molar-refractivity contribution in [1.82, 2.24) is 20.0 Å². The van der Waals surface area contributed by atoms with E-state index in [-0.39, 0.29) is 5.91 Å². The molecule has 1 N–H and O–H groups in total. The van der Waals surface area contributed by atoms with E-state index in [0.717, 1.165) is 56.1 Å². The maximum absolute atomic E-state index is 12.8. The highest BCUT2D eigenvalue weighted by molar-refractivity contribution is 5.96. The lowest BCUT2D eigenvalue weighted by atomic mass is 10.0. The molecule has 0 aromatic carbocycles. The summed E-state index contributed by atoms with van der Waals surface area (Å²) < 4.78 is 1.97. The molecule has 3 rings (SSSR count). The zero-order chi connectivity index (χ0) is 14.3. The number of hydrogen-bond acceptors (Lipinski definition) is 3. The van der Waals surface area contributed by atoms with E-state index in [2.05, 4.69) is 17.3 Å². The fourth-order valence-electron chi connectivity index (χ4n) is 3.62. The van der Waals surface area contributed by atoms with Crippen LogP contribution in [0.4, 0.5) is 0 Å². The summed E-state index contributed by atoms with van der Waals surface area (Å²) in [5, 5.41) is 7.93. The summed E-state index contributed by atoms with van der Waals surface area (Å²) in [7, 11) is 0.